The van der Waals surface area contributed by atoms with E-state index < -0.39 is 35.3 Å². The van der Waals surface area contributed by atoms with Crippen molar-refractivity contribution in [2.24, 2.45) is 10.9 Å². The minimum absolute atomic E-state index is 0.0147. The highest BCUT2D eigenvalue weighted by atomic mass is 32.2. The number of β-lactam (4-membered cyclic amide) rings is 1. The van der Waals surface area contributed by atoms with Gasteiger partial charge in [0.1, 0.15) is 30.8 Å². The van der Waals surface area contributed by atoms with Crippen LogP contribution in [0.5, 0.6) is 0 Å². The van der Waals surface area contributed by atoms with Crippen molar-refractivity contribution in [1.29, 1.82) is 0 Å². The third-order valence-corrected chi connectivity index (χ3v) is 5.68. The van der Waals surface area contributed by atoms with E-state index in [2.05, 4.69) is 10.5 Å². The molecule has 0 aliphatic carbocycles. The highest BCUT2D eigenvalue weighted by Gasteiger charge is 2.54. The van der Waals surface area contributed by atoms with Crippen molar-refractivity contribution < 1.29 is 37.9 Å². The topological polar surface area (TPSA) is 163 Å². The molecule has 31 heavy (non-hydrogen) atoms. The predicted molar refractivity (Wildman–Crippen MR) is 106 cm³/mol. The van der Waals surface area contributed by atoms with Crippen LogP contribution < -0.4 is 11.1 Å². The number of amides is 3. The van der Waals surface area contributed by atoms with Crippen molar-refractivity contribution in [3.63, 3.8) is 0 Å². The Kier molecular flexibility index (Phi) is 6.84. The summed E-state index contributed by atoms with van der Waals surface area (Å²) >= 11 is 1.29. The van der Waals surface area contributed by atoms with E-state index in [1.54, 1.807) is 13.0 Å². The van der Waals surface area contributed by atoms with Crippen LogP contribution in [-0.2, 0) is 28.7 Å². The molecule has 2 aliphatic rings. The number of hydrogen-bond acceptors (Lipinski definition) is 10. The lowest BCUT2D eigenvalue weighted by Crippen LogP contribution is -2.71. The fraction of sp³-hybridized carbons (Fsp3) is 0.389. The first kappa shape index (κ1) is 22.2. The minimum atomic E-state index is -1.01. The molecule has 12 nitrogen and oxygen atoms in total. The summed E-state index contributed by atoms with van der Waals surface area (Å²) < 4.78 is 15.0. The van der Waals surface area contributed by atoms with Gasteiger partial charge in [-0.3, -0.25) is 14.5 Å². The Hall–Kier alpha value is -3.48. The van der Waals surface area contributed by atoms with Crippen molar-refractivity contribution >= 4 is 41.4 Å². The fourth-order valence-electron chi connectivity index (χ4n) is 3.05. The van der Waals surface area contributed by atoms with Crippen LogP contribution in [0.1, 0.15) is 12.7 Å². The van der Waals surface area contributed by atoms with E-state index in [0.29, 0.717) is 5.57 Å². The second kappa shape index (κ2) is 9.55. The molecule has 3 N–H and O–H groups in total. The molecule has 0 spiro atoms. The number of ether oxygens (including phenoxy) is 2. The molecule has 2 atom stereocenters. The number of thioether (sulfide) groups is 1. The van der Waals surface area contributed by atoms with Crippen molar-refractivity contribution in [3.05, 3.63) is 35.4 Å². The van der Waals surface area contributed by atoms with Gasteiger partial charge < -0.3 is 29.8 Å². The van der Waals surface area contributed by atoms with Crippen LogP contribution in [-0.4, -0.2) is 72.0 Å². The zero-order valence-corrected chi connectivity index (χ0v) is 17.5. The zero-order chi connectivity index (χ0) is 22.5. The second-order valence-corrected chi connectivity index (χ2v) is 7.35. The van der Waals surface area contributed by atoms with Crippen LogP contribution in [0.25, 0.3) is 0 Å². The van der Waals surface area contributed by atoms with Gasteiger partial charge in [0, 0.05) is 11.3 Å². The molecule has 2 aliphatic heterocycles. The van der Waals surface area contributed by atoms with Gasteiger partial charge in [-0.05, 0) is 19.1 Å². The van der Waals surface area contributed by atoms with Gasteiger partial charge in [0.15, 0.2) is 5.76 Å². The van der Waals surface area contributed by atoms with Crippen LogP contribution >= 0.6 is 11.8 Å². The Bertz CT molecular complexity index is 942. The van der Waals surface area contributed by atoms with Crippen LogP contribution in [0, 0.1) is 0 Å². The van der Waals surface area contributed by atoms with Crippen LogP contribution in [0.2, 0.25) is 0 Å². The van der Waals surface area contributed by atoms with E-state index in [9.17, 15) is 19.2 Å². The Morgan fingerprint density at radius 2 is 2.16 bits per heavy atom. The number of esters is 1. The van der Waals surface area contributed by atoms with E-state index in [0.717, 1.165) is 0 Å². The lowest BCUT2D eigenvalue weighted by atomic mass is 10.0. The van der Waals surface area contributed by atoms with E-state index in [1.807, 2.05) is 0 Å². The third-order valence-electron chi connectivity index (χ3n) is 4.34. The predicted octanol–water partition coefficient (Wildman–Crippen LogP) is -0.0575. The summed E-state index contributed by atoms with van der Waals surface area (Å²) in [5.74, 6) is -1.51. The first-order chi connectivity index (χ1) is 14.9. The summed E-state index contributed by atoms with van der Waals surface area (Å²) in [5.41, 5.74) is 5.23. The average molecular weight is 452 g/mol. The van der Waals surface area contributed by atoms with Crippen LogP contribution in [0.15, 0.2) is 39.2 Å². The number of rotatable bonds is 8. The van der Waals surface area contributed by atoms with Gasteiger partial charge in [0.25, 0.3) is 11.8 Å². The normalized spacial score (nSPS) is 20.5. The van der Waals surface area contributed by atoms with E-state index in [-0.39, 0.29) is 36.1 Å². The number of oxime groups is 1. The van der Waals surface area contributed by atoms with Crippen molar-refractivity contribution in [2.45, 2.75) is 18.3 Å². The quantitative estimate of drug-likeness (QED) is 0.238. The molecule has 0 aromatic carbocycles. The smallest absolute Gasteiger partial charge is 0.404 e. The maximum absolute atomic E-state index is 12.8. The monoisotopic (exact) mass is 452 g/mol. The van der Waals surface area contributed by atoms with E-state index in [1.165, 1.54) is 36.1 Å². The summed E-state index contributed by atoms with van der Waals surface area (Å²) in [6.07, 6.45) is 0.360. The van der Waals surface area contributed by atoms with Gasteiger partial charge >= 0.3 is 12.1 Å². The maximum Gasteiger partial charge on any atom is 0.404 e. The van der Waals surface area contributed by atoms with Crippen molar-refractivity contribution in [2.75, 3.05) is 26.1 Å². The molecule has 1 aromatic rings. The van der Waals surface area contributed by atoms with Gasteiger partial charge in [-0.15, -0.1) is 11.8 Å². The number of carbonyl (C=O) groups is 4. The molecule has 3 rings (SSSR count). The molecule has 0 saturated carbocycles. The first-order valence-corrected chi connectivity index (χ1v) is 10.2. The van der Waals surface area contributed by atoms with Crippen LogP contribution in [0.3, 0.4) is 0 Å². The van der Waals surface area contributed by atoms with E-state index >= 15 is 0 Å². The van der Waals surface area contributed by atoms with E-state index in [4.69, 9.17) is 24.5 Å². The summed E-state index contributed by atoms with van der Waals surface area (Å²) in [5, 5.41) is 5.69. The van der Waals surface area contributed by atoms with Crippen LogP contribution in [0.4, 0.5) is 4.79 Å². The summed E-state index contributed by atoms with van der Waals surface area (Å²) in [7, 11) is 1.27. The van der Waals surface area contributed by atoms with Gasteiger partial charge in [-0.25, -0.2) is 9.59 Å². The summed E-state index contributed by atoms with van der Waals surface area (Å²) in [6, 6.07) is 2.18. The molecule has 1 saturated heterocycles. The molecular formula is C18H20N4O8S. The number of hydrogen-bond donors (Lipinski definition) is 2. The molecular weight excluding hydrogens is 432 g/mol. The van der Waals surface area contributed by atoms with Crippen molar-refractivity contribution in [1.82, 2.24) is 10.2 Å². The lowest BCUT2D eigenvalue weighted by Gasteiger charge is -2.49. The van der Waals surface area contributed by atoms with Crippen molar-refractivity contribution in [3.8, 4) is 0 Å². The number of carbonyl (C=O) groups excluding carboxylic acids is 4. The minimum Gasteiger partial charge on any atom is -0.462 e. The summed E-state index contributed by atoms with van der Waals surface area (Å²) in [6.45, 7) is 1.46. The number of furan rings is 1. The average Bonchev–Trinajstić information content (AvgIpc) is 3.27. The standard InChI is InChI=1S/C18H20N4O8S/c1-3-28-17(25)13-9(7-30-18(19)26)8-31-16-12(15(24)22(13)16)20-14(23)11(21-27-2)10-5-4-6-29-10/h4-6,12,16H,3,7-8H2,1-2H3,(H2,19,26)(H,20,23)/b21-11-/t12-,16-/m1/s1. The molecule has 1 fully saturated rings. The van der Waals surface area contributed by atoms with Gasteiger partial charge in [0.2, 0.25) is 5.71 Å². The Labute approximate surface area is 180 Å². The van der Waals surface area contributed by atoms with Gasteiger partial charge in [0.05, 0.1) is 12.9 Å². The highest BCUT2D eigenvalue weighted by Crippen LogP contribution is 2.40. The Balaban J connectivity index is 1.79. The maximum atomic E-state index is 12.8. The fourth-order valence-corrected chi connectivity index (χ4v) is 4.38. The number of nitrogens with two attached hydrogens (primary N) is 1. The number of nitrogens with zero attached hydrogens (tertiary/aromatic N) is 2. The lowest BCUT2D eigenvalue weighted by molar-refractivity contribution is -0.152. The SMILES string of the molecule is CCOC(=O)C1=C(COC(N)=O)CS[C@@H]2[C@H](NC(=O)/C(=N\OC)c3ccco3)C(=O)N12. The number of primary amides is 1. The number of nitrogens with one attached hydrogen (secondary N) is 1. The summed E-state index contributed by atoms with van der Waals surface area (Å²) in [4.78, 5) is 54.9. The Morgan fingerprint density at radius 1 is 1.39 bits per heavy atom. The molecule has 0 bridgehead atoms. The highest BCUT2D eigenvalue weighted by molar-refractivity contribution is 8.00. The first-order valence-electron chi connectivity index (χ1n) is 9.11. The molecule has 3 heterocycles. The Morgan fingerprint density at radius 3 is 2.77 bits per heavy atom. The molecule has 166 valence electrons. The molecule has 0 unspecified atom stereocenters. The molecule has 1 aromatic heterocycles. The molecule has 3 amide bonds. The largest absolute Gasteiger partial charge is 0.462 e. The number of fused-ring (bicyclic) bond motifs is 1. The zero-order valence-electron chi connectivity index (χ0n) is 16.7. The van der Waals surface area contributed by atoms with Gasteiger partial charge in [-0.1, -0.05) is 5.16 Å². The third kappa shape index (κ3) is 4.50. The molecule has 0 radical (unpaired) electrons. The molecule has 13 heteroatoms. The second-order valence-electron chi connectivity index (χ2n) is 6.24. The van der Waals surface area contributed by atoms with Gasteiger partial charge in [-0.2, -0.15) is 0 Å².